The summed E-state index contributed by atoms with van der Waals surface area (Å²) in [7, 11) is 1.79. The minimum Gasteiger partial charge on any atom is -0.494 e. The second-order valence-electron chi connectivity index (χ2n) is 5.35. The number of hydrogen-bond donors (Lipinski definition) is 0. The van der Waals surface area contributed by atoms with Gasteiger partial charge in [0.05, 0.1) is 6.61 Å². The Kier molecular flexibility index (Phi) is 6.38. The Hall–Kier alpha value is -1.63. The van der Waals surface area contributed by atoms with E-state index in [1.807, 2.05) is 25.1 Å². The third-order valence-electron chi connectivity index (χ3n) is 3.47. The lowest BCUT2D eigenvalue weighted by molar-refractivity contribution is 0.0787. The van der Waals surface area contributed by atoms with Gasteiger partial charge < -0.3 is 9.64 Å². The number of nitrogens with zero attached hydrogens (tertiary/aromatic N) is 1. The van der Waals surface area contributed by atoms with Crippen LogP contribution in [-0.2, 0) is 0 Å². The quantitative estimate of drug-likeness (QED) is 0.509. The maximum Gasteiger partial charge on any atom is 0.253 e. The van der Waals surface area contributed by atoms with E-state index in [1.165, 1.54) is 12.1 Å². The van der Waals surface area contributed by atoms with Gasteiger partial charge in [-0.3, -0.25) is 4.79 Å². The molecule has 0 N–H and O–H groups in total. The van der Waals surface area contributed by atoms with Crippen LogP contribution in [-0.4, -0.2) is 31.0 Å². The molecule has 0 aromatic heterocycles. The van der Waals surface area contributed by atoms with Crippen molar-refractivity contribution in [3.05, 3.63) is 63.0 Å². The molecule has 0 heterocycles. The molecule has 0 radical (unpaired) electrons. The molecule has 0 aliphatic carbocycles. The summed E-state index contributed by atoms with van der Waals surface area (Å²) in [5.74, 6) is 0.357. The predicted octanol–water partition coefficient (Wildman–Crippen LogP) is 4.28. The molecular weight excluding hydrogens is 408 g/mol. The number of benzene rings is 2. The van der Waals surface area contributed by atoms with Crippen molar-refractivity contribution in [1.82, 2.24) is 4.90 Å². The lowest BCUT2D eigenvalue weighted by atomic mass is 10.1. The molecule has 2 rings (SSSR count). The SMILES string of the molecule is Cc1cc(C(=O)N(C)CCCOc2ccc(F)cc2)ccc1I. The Balaban J connectivity index is 1.79. The normalized spacial score (nSPS) is 10.4. The Labute approximate surface area is 149 Å². The monoisotopic (exact) mass is 427 g/mol. The topological polar surface area (TPSA) is 29.5 Å². The van der Waals surface area contributed by atoms with E-state index in [2.05, 4.69) is 22.6 Å². The van der Waals surface area contributed by atoms with Gasteiger partial charge in [0.1, 0.15) is 11.6 Å². The molecule has 2 aromatic carbocycles. The predicted molar refractivity (Wildman–Crippen MR) is 97.4 cm³/mol. The van der Waals surface area contributed by atoms with Crippen LogP contribution in [0.3, 0.4) is 0 Å². The Morgan fingerprint density at radius 3 is 2.57 bits per heavy atom. The van der Waals surface area contributed by atoms with Crippen LogP contribution >= 0.6 is 22.6 Å². The van der Waals surface area contributed by atoms with Crippen molar-refractivity contribution in [3.63, 3.8) is 0 Å². The molecule has 0 fully saturated rings. The first-order chi connectivity index (χ1) is 11.0. The van der Waals surface area contributed by atoms with E-state index >= 15 is 0 Å². The number of ether oxygens (including phenoxy) is 1. The van der Waals surface area contributed by atoms with E-state index < -0.39 is 0 Å². The number of aryl methyl sites for hydroxylation is 1. The van der Waals surface area contributed by atoms with Crippen molar-refractivity contribution in [2.45, 2.75) is 13.3 Å². The van der Waals surface area contributed by atoms with Crippen LogP contribution in [0.25, 0.3) is 0 Å². The molecule has 0 saturated heterocycles. The molecule has 0 spiro atoms. The number of carbonyl (C=O) groups is 1. The Bertz CT molecular complexity index is 673. The Morgan fingerprint density at radius 2 is 1.91 bits per heavy atom. The molecule has 3 nitrogen and oxygen atoms in total. The van der Waals surface area contributed by atoms with Gasteiger partial charge in [-0.05, 0) is 84.0 Å². The van der Waals surface area contributed by atoms with Gasteiger partial charge in [0.2, 0.25) is 0 Å². The number of halogens is 2. The highest BCUT2D eigenvalue weighted by atomic mass is 127. The number of amides is 1. The maximum atomic E-state index is 12.8. The molecule has 0 atom stereocenters. The fraction of sp³-hybridized carbons (Fsp3) is 0.278. The highest BCUT2D eigenvalue weighted by molar-refractivity contribution is 14.1. The summed E-state index contributed by atoms with van der Waals surface area (Å²) in [5.41, 5.74) is 1.80. The second kappa shape index (κ2) is 8.29. The van der Waals surface area contributed by atoms with E-state index in [9.17, 15) is 9.18 Å². The summed E-state index contributed by atoms with van der Waals surface area (Å²) >= 11 is 2.25. The van der Waals surface area contributed by atoms with Crippen molar-refractivity contribution < 1.29 is 13.9 Å². The highest BCUT2D eigenvalue weighted by Crippen LogP contribution is 2.15. The second-order valence-corrected chi connectivity index (χ2v) is 6.51. The van der Waals surface area contributed by atoms with Crippen LogP contribution in [0.4, 0.5) is 4.39 Å². The zero-order valence-electron chi connectivity index (χ0n) is 13.2. The van der Waals surface area contributed by atoms with Gasteiger partial charge in [0.15, 0.2) is 0 Å². The standard InChI is InChI=1S/C18H19FINO2/c1-13-12-14(4-9-17(13)20)18(22)21(2)10-3-11-23-16-7-5-15(19)6-8-16/h4-9,12H,3,10-11H2,1-2H3. The fourth-order valence-electron chi connectivity index (χ4n) is 2.12. The number of carbonyl (C=O) groups excluding carboxylic acids is 1. The molecule has 0 unspecified atom stereocenters. The lowest BCUT2D eigenvalue weighted by Crippen LogP contribution is -2.28. The average Bonchev–Trinajstić information content (AvgIpc) is 2.55. The van der Waals surface area contributed by atoms with Crippen LogP contribution in [0.2, 0.25) is 0 Å². The van der Waals surface area contributed by atoms with Crippen LogP contribution in [0.5, 0.6) is 5.75 Å². The van der Waals surface area contributed by atoms with Gasteiger partial charge in [0, 0.05) is 22.7 Å². The Morgan fingerprint density at radius 1 is 1.22 bits per heavy atom. The minimum atomic E-state index is -0.282. The van der Waals surface area contributed by atoms with E-state index in [4.69, 9.17) is 4.74 Å². The number of rotatable bonds is 6. The molecule has 0 aliphatic heterocycles. The minimum absolute atomic E-state index is 0.00582. The van der Waals surface area contributed by atoms with Gasteiger partial charge in [-0.25, -0.2) is 4.39 Å². The van der Waals surface area contributed by atoms with E-state index in [0.29, 0.717) is 30.9 Å². The van der Waals surface area contributed by atoms with Crippen LogP contribution in [0.1, 0.15) is 22.3 Å². The van der Waals surface area contributed by atoms with Crippen molar-refractivity contribution in [1.29, 1.82) is 0 Å². The van der Waals surface area contributed by atoms with Gasteiger partial charge >= 0.3 is 0 Å². The molecule has 23 heavy (non-hydrogen) atoms. The molecule has 2 aromatic rings. The van der Waals surface area contributed by atoms with Gasteiger partial charge in [-0.1, -0.05) is 0 Å². The van der Waals surface area contributed by atoms with E-state index in [1.54, 1.807) is 24.1 Å². The van der Waals surface area contributed by atoms with Crippen molar-refractivity contribution >= 4 is 28.5 Å². The first-order valence-corrected chi connectivity index (χ1v) is 8.45. The average molecular weight is 427 g/mol. The molecule has 1 amide bonds. The maximum absolute atomic E-state index is 12.8. The summed E-state index contributed by atoms with van der Waals surface area (Å²) < 4.78 is 19.5. The first kappa shape index (κ1) is 17.7. The van der Waals surface area contributed by atoms with Gasteiger partial charge in [-0.2, -0.15) is 0 Å². The smallest absolute Gasteiger partial charge is 0.253 e. The first-order valence-electron chi connectivity index (χ1n) is 7.37. The zero-order chi connectivity index (χ0) is 16.8. The van der Waals surface area contributed by atoms with E-state index in [-0.39, 0.29) is 11.7 Å². The van der Waals surface area contributed by atoms with Crippen molar-refractivity contribution in [2.24, 2.45) is 0 Å². The largest absolute Gasteiger partial charge is 0.494 e. The molecular formula is C18H19FINO2. The summed E-state index contributed by atoms with van der Waals surface area (Å²) in [6.07, 6.45) is 0.711. The third kappa shape index (κ3) is 5.20. The molecule has 5 heteroatoms. The fourth-order valence-corrected chi connectivity index (χ4v) is 2.46. The molecule has 0 aliphatic rings. The summed E-state index contributed by atoms with van der Waals surface area (Å²) in [6.45, 7) is 3.08. The van der Waals surface area contributed by atoms with Gasteiger partial charge in [0.25, 0.3) is 5.91 Å². The summed E-state index contributed by atoms with van der Waals surface area (Å²) in [4.78, 5) is 14.0. The third-order valence-corrected chi connectivity index (χ3v) is 4.68. The molecule has 0 bridgehead atoms. The van der Waals surface area contributed by atoms with Crippen LogP contribution in [0, 0.1) is 16.3 Å². The summed E-state index contributed by atoms with van der Waals surface area (Å²) in [5, 5.41) is 0. The molecule has 0 saturated carbocycles. The number of hydrogen-bond acceptors (Lipinski definition) is 2. The molecule has 122 valence electrons. The highest BCUT2D eigenvalue weighted by Gasteiger charge is 2.12. The van der Waals surface area contributed by atoms with Crippen LogP contribution < -0.4 is 4.74 Å². The summed E-state index contributed by atoms with van der Waals surface area (Å²) in [6, 6.07) is 11.6. The van der Waals surface area contributed by atoms with Crippen molar-refractivity contribution in [2.75, 3.05) is 20.2 Å². The zero-order valence-corrected chi connectivity index (χ0v) is 15.3. The van der Waals surface area contributed by atoms with E-state index in [0.717, 1.165) is 9.13 Å². The van der Waals surface area contributed by atoms with Crippen molar-refractivity contribution in [3.8, 4) is 5.75 Å². The lowest BCUT2D eigenvalue weighted by Gasteiger charge is -2.18. The van der Waals surface area contributed by atoms with Gasteiger partial charge in [-0.15, -0.1) is 0 Å². The van der Waals surface area contributed by atoms with Crippen LogP contribution in [0.15, 0.2) is 42.5 Å².